The van der Waals surface area contributed by atoms with Crippen molar-refractivity contribution in [3.05, 3.63) is 53.1 Å². The molecule has 2 aromatic rings. The maximum atomic E-state index is 12.5. The highest BCUT2D eigenvalue weighted by Crippen LogP contribution is 2.28. The van der Waals surface area contributed by atoms with E-state index in [-0.39, 0.29) is 24.9 Å². The van der Waals surface area contributed by atoms with Crippen LogP contribution < -0.4 is 14.8 Å². The van der Waals surface area contributed by atoms with E-state index in [2.05, 4.69) is 5.32 Å². The van der Waals surface area contributed by atoms with Gasteiger partial charge in [-0.1, -0.05) is 29.8 Å². The number of methoxy groups -OCH3 is 2. The van der Waals surface area contributed by atoms with E-state index in [1.165, 1.54) is 0 Å². The van der Waals surface area contributed by atoms with Crippen molar-refractivity contribution in [2.24, 2.45) is 0 Å². The monoisotopic (exact) mass is 419 g/mol. The Hall–Kier alpha value is -2.77. The highest BCUT2D eigenvalue weighted by molar-refractivity contribution is 6.33. The first-order valence-corrected chi connectivity index (χ1v) is 9.39. The highest BCUT2D eigenvalue weighted by atomic mass is 35.5. The normalized spacial score (nSPS) is 10.6. The fourth-order valence-electron chi connectivity index (χ4n) is 2.75. The fourth-order valence-corrected chi connectivity index (χ4v) is 2.93. The minimum Gasteiger partial charge on any atom is -0.493 e. The fraction of sp³-hybridized carbons (Fsp3) is 0.333. The zero-order chi connectivity index (χ0) is 21.4. The molecule has 2 amide bonds. The zero-order valence-corrected chi connectivity index (χ0v) is 17.8. The van der Waals surface area contributed by atoms with Crippen LogP contribution in [0.1, 0.15) is 5.56 Å². The molecule has 0 bridgehead atoms. The lowest BCUT2D eigenvalue weighted by molar-refractivity contribution is -0.131. The molecule has 0 saturated carbocycles. The van der Waals surface area contributed by atoms with Gasteiger partial charge in [-0.05, 0) is 36.9 Å². The number of rotatable bonds is 9. The number of anilines is 1. The molecule has 0 fully saturated rings. The van der Waals surface area contributed by atoms with E-state index in [0.29, 0.717) is 28.8 Å². The molecule has 0 heterocycles. The van der Waals surface area contributed by atoms with Crippen LogP contribution in [-0.4, -0.2) is 63.0 Å². The quantitative estimate of drug-likeness (QED) is 0.676. The predicted octanol–water partition coefficient (Wildman–Crippen LogP) is 2.89. The molecule has 8 heteroatoms. The van der Waals surface area contributed by atoms with Gasteiger partial charge in [-0.15, -0.1) is 0 Å². The van der Waals surface area contributed by atoms with Crippen molar-refractivity contribution < 1.29 is 19.1 Å². The third-order valence-corrected chi connectivity index (χ3v) is 4.59. The van der Waals surface area contributed by atoms with Gasteiger partial charge >= 0.3 is 0 Å². The molecular weight excluding hydrogens is 394 g/mol. The number of hydrogen-bond acceptors (Lipinski definition) is 5. The number of amides is 2. The van der Waals surface area contributed by atoms with E-state index >= 15 is 0 Å². The molecule has 2 aromatic carbocycles. The SMILES string of the molecule is COc1ccc(CN(C)C(=O)CN(C)CC(=O)Nc2ccccc2Cl)cc1OC. The molecule has 1 N–H and O–H groups in total. The molecule has 0 aromatic heterocycles. The summed E-state index contributed by atoms with van der Waals surface area (Å²) in [7, 11) is 6.58. The molecule has 0 aliphatic carbocycles. The minimum atomic E-state index is -0.240. The Bertz CT molecular complexity index is 860. The number of nitrogens with one attached hydrogen (secondary N) is 1. The van der Waals surface area contributed by atoms with Gasteiger partial charge in [0.25, 0.3) is 0 Å². The standard InChI is InChI=1S/C21H26ClN3O4/c1-24(13-20(26)23-17-8-6-5-7-16(17)22)14-21(27)25(2)12-15-9-10-18(28-3)19(11-15)29-4/h5-11H,12-14H2,1-4H3,(H,23,26). The van der Waals surface area contributed by atoms with Gasteiger partial charge in [0, 0.05) is 13.6 Å². The number of benzene rings is 2. The van der Waals surface area contributed by atoms with Crippen LogP contribution in [0.15, 0.2) is 42.5 Å². The molecule has 156 valence electrons. The molecule has 2 rings (SSSR count). The van der Waals surface area contributed by atoms with Gasteiger partial charge in [0.15, 0.2) is 11.5 Å². The van der Waals surface area contributed by atoms with E-state index in [4.69, 9.17) is 21.1 Å². The van der Waals surface area contributed by atoms with Gasteiger partial charge in [0.2, 0.25) is 11.8 Å². The summed E-state index contributed by atoms with van der Waals surface area (Å²) < 4.78 is 10.5. The largest absolute Gasteiger partial charge is 0.493 e. The molecule has 29 heavy (non-hydrogen) atoms. The van der Waals surface area contributed by atoms with Crippen LogP contribution in [0.2, 0.25) is 5.02 Å². The molecular formula is C21H26ClN3O4. The molecule has 0 aliphatic heterocycles. The highest BCUT2D eigenvalue weighted by Gasteiger charge is 2.16. The van der Waals surface area contributed by atoms with Gasteiger partial charge in [-0.3, -0.25) is 14.5 Å². The average molecular weight is 420 g/mol. The molecule has 0 atom stereocenters. The summed E-state index contributed by atoms with van der Waals surface area (Å²) in [4.78, 5) is 27.9. The Morgan fingerprint density at radius 1 is 1.00 bits per heavy atom. The topological polar surface area (TPSA) is 71.1 Å². The number of hydrogen-bond donors (Lipinski definition) is 1. The van der Waals surface area contributed by atoms with Crippen molar-refractivity contribution in [1.29, 1.82) is 0 Å². The molecule has 7 nitrogen and oxygen atoms in total. The summed E-state index contributed by atoms with van der Waals surface area (Å²) in [6.45, 7) is 0.597. The van der Waals surface area contributed by atoms with Gasteiger partial charge in [-0.25, -0.2) is 0 Å². The molecule has 0 aliphatic rings. The molecule has 0 unspecified atom stereocenters. The third-order valence-electron chi connectivity index (χ3n) is 4.26. The van der Waals surface area contributed by atoms with Crippen molar-refractivity contribution in [1.82, 2.24) is 9.80 Å². The number of carbonyl (C=O) groups is 2. The minimum absolute atomic E-state index is 0.0706. The van der Waals surface area contributed by atoms with E-state index in [1.807, 2.05) is 12.1 Å². The van der Waals surface area contributed by atoms with E-state index in [1.54, 1.807) is 68.4 Å². The summed E-state index contributed by atoms with van der Waals surface area (Å²) >= 11 is 6.04. The summed E-state index contributed by atoms with van der Waals surface area (Å²) in [5, 5.41) is 3.21. The first-order chi connectivity index (χ1) is 13.8. The van der Waals surface area contributed by atoms with Crippen LogP contribution in [-0.2, 0) is 16.1 Å². The van der Waals surface area contributed by atoms with Crippen LogP contribution >= 0.6 is 11.6 Å². The third kappa shape index (κ3) is 6.66. The second-order valence-electron chi connectivity index (χ2n) is 6.64. The lowest BCUT2D eigenvalue weighted by Gasteiger charge is -2.22. The van der Waals surface area contributed by atoms with Crippen molar-refractivity contribution >= 4 is 29.1 Å². The zero-order valence-electron chi connectivity index (χ0n) is 17.1. The maximum Gasteiger partial charge on any atom is 0.238 e. The van der Waals surface area contributed by atoms with Gasteiger partial charge < -0.3 is 19.7 Å². The number of carbonyl (C=O) groups excluding carboxylic acids is 2. The van der Waals surface area contributed by atoms with Gasteiger partial charge in [0.05, 0.1) is 38.0 Å². The maximum absolute atomic E-state index is 12.5. The van der Waals surface area contributed by atoms with E-state index in [9.17, 15) is 9.59 Å². The molecule has 0 saturated heterocycles. The Kier molecular flexibility index (Phi) is 8.30. The molecule has 0 radical (unpaired) electrons. The number of likely N-dealkylation sites (N-methyl/N-ethyl adjacent to an activating group) is 2. The van der Waals surface area contributed by atoms with Crippen molar-refractivity contribution in [3.8, 4) is 11.5 Å². The summed E-state index contributed by atoms with van der Waals surface area (Å²) in [5.41, 5.74) is 1.46. The number of halogens is 1. The first-order valence-electron chi connectivity index (χ1n) is 9.01. The smallest absolute Gasteiger partial charge is 0.238 e. The van der Waals surface area contributed by atoms with Crippen molar-refractivity contribution in [3.63, 3.8) is 0 Å². The van der Waals surface area contributed by atoms with Crippen LogP contribution in [0.3, 0.4) is 0 Å². The van der Waals surface area contributed by atoms with Crippen molar-refractivity contribution in [2.45, 2.75) is 6.54 Å². The average Bonchev–Trinajstić information content (AvgIpc) is 2.69. The number of nitrogens with zero attached hydrogens (tertiary/aromatic N) is 2. The van der Waals surface area contributed by atoms with E-state index in [0.717, 1.165) is 5.56 Å². The van der Waals surface area contributed by atoms with Crippen LogP contribution in [0.25, 0.3) is 0 Å². The van der Waals surface area contributed by atoms with Crippen LogP contribution in [0.5, 0.6) is 11.5 Å². The lowest BCUT2D eigenvalue weighted by Crippen LogP contribution is -2.39. The molecule has 0 spiro atoms. The Morgan fingerprint density at radius 3 is 2.34 bits per heavy atom. The van der Waals surface area contributed by atoms with Gasteiger partial charge in [0.1, 0.15) is 0 Å². The second-order valence-corrected chi connectivity index (χ2v) is 7.05. The van der Waals surface area contributed by atoms with Crippen LogP contribution in [0.4, 0.5) is 5.69 Å². The second kappa shape index (κ2) is 10.7. The summed E-state index contributed by atoms with van der Waals surface area (Å²) in [6.07, 6.45) is 0. The Labute approximate surface area is 176 Å². The van der Waals surface area contributed by atoms with Gasteiger partial charge in [-0.2, -0.15) is 0 Å². The number of para-hydroxylation sites is 1. The van der Waals surface area contributed by atoms with E-state index < -0.39 is 0 Å². The summed E-state index contributed by atoms with van der Waals surface area (Å²) in [5.74, 6) is 0.900. The first kappa shape index (κ1) is 22.5. The lowest BCUT2D eigenvalue weighted by atomic mass is 10.2. The predicted molar refractivity (Wildman–Crippen MR) is 114 cm³/mol. The number of ether oxygens (including phenoxy) is 2. The van der Waals surface area contributed by atoms with Crippen LogP contribution in [0, 0.1) is 0 Å². The Balaban J connectivity index is 1.87. The summed E-state index contributed by atoms with van der Waals surface area (Å²) in [6, 6.07) is 12.5. The Morgan fingerprint density at radius 2 is 1.69 bits per heavy atom. The van der Waals surface area contributed by atoms with Crippen molar-refractivity contribution in [2.75, 3.05) is 46.7 Å².